The number of aromatic carboxylic acids is 1. The Labute approximate surface area is 175 Å². The van der Waals surface area contributed by atoms with E-state index in [4.69, 9.17) is 4.74 Å². The molecule has 0 aliphatic carbocycles. The summed E-state index contributed by atoms with van der Waals surface area (Å²) < 4.78 is 48.0. The van der Waals surface area contributed by atoms with Crippen LogP contribution in [0.5, 0.6) is 5.75 Å². The fraction of sp³-hybridized carbons (Fsp3) is 0.136. The minimum atomic E-state index is -4.49. The summed E-state index contributed by atoms with van der Waals surface area (Å²) in [5.41, 5.74) is 1.84. The van der Waals surface area contributed by atoms with E-state index < -0.39 is 17.7 Å². The van der Waals surface area contributed by atoms with Gasteiger partial charge in [0.15, 0.2) is 0 Å². The second kappa shape index (κ2) is 8.71. The van der Waals surface area contributed by atoms with Crippen LogP contribution in [0.25, 0.3) is 11.1 Å². The van der Waals surface area contributed by atoms with Gasteiger partial charge in [0.1, 0.15) is 5.75 Å². The first-order valence-electron chi connectivity index (χ1n) is 8.81. The molecular formula is C22H18F3NO3S. The summed E-state index contributed by atoms with van der Waals surface area (Å²) in [6.07, 6.45) is -4.49. The van der Waals surface area contributed by atoms with Gasteiger partial charge in [0.2, 0.25) is 0 Å². The number of carbonyl (C=O) groups is 1. The lowest BCUT2D eigenvalue weighted by Crippen LogP contribution is -2.06. The zero-order valence-corrected chi connectivity index (χ0v) is 16.9. The maximum Gasteiger partial charge on any atom is 0.416 e. The van der Waals surface area contributed by atoms with Gasteiger partial charge >= 0.3 is 12.1 Å². The smallest absolute Gasteiger partial charge is 0.416 e. The third-order valence-corrected chi connectivity index (χ3v) is 5.22. The number of methoxy groups -OCH3 is 1. The maximum absolute atomic E-state index is 13.3. The number of carboxylic acid groups (broad SMARTS) is 1. The number of nitrogens with one attached hydrogen (secondary N) is 1. The summed E-state index contributed by atoms with van der Waals surface area (Å²) >= 11 is 0.983. The van der Waals surface area contributed by atoms with Gasteiger partial charge in [0.25, 0.3) is 0 Å². The van der Waals surface area contributed by atoms with E-state index in [0.29, 0.717) is 16.2 Å². The van der Waals surface area contributed by atoms with Crippen molar-refractivity contribution in [3.05, 3.63) is 77.4 Å². The Bertz CT molecular complexity index is 1080. The highest BCUT2D eigenvalue weighted by Gasteiger charge is 2.31. The van der Waals surface area contributed by atoms with E-state index in [0.717, 1.165) is 35.2 Å². The van der Waals surface area contributed by atoms with E-state index in [9.17, 15) is 23.1 Å². The van der Waals surface area contributed by atoms with Crippen LogP contribution in [-0.4, -0.2) is 18.2 Å². The molecule has 0 spiro atoms. The Kier molecular flexibility index (Phi) is 6.26. The van der Waals surface area contributed by atoms with Crippen LogP contribution in [0.1, 0.15) is 21.5 Å². The molecule has 0 saturated carbocycles. The second-order valence-corrected chi connectivity index (χ2v) is 7.35. The first-order chi connectivity index (χ1) is 14.2. The quantitative estimate of drug-likeness (QED) is 0.434. The molecule has 0 unspecified atom stereocenters. The van der Waals surface area contributed by atoms with Gasteiger partial charge in [-0.25, -0.2) is 4.79 Å². The number of aryl methyl sites for hydroxylation is 1. The molecule has 0 heterocycles. The zero-order chi connectivity index (χ0) is 21.9. The highest BCUT2D eigenvalue weighted by atomic mass is 32.2. The number of hydrogen-bond donors (Lipinski definition) is 2. The minimum Gasteiger partial charge on any atom is -0.496 e. The van der Waals surface area contributed by atoms with Crippen LogP contribution in [0.15, 0.2) is 65.6 Å². The molecule has 0 atom stereocenters. The van der Waals surface area contributed by atoms with Crippen molar-refractivity contribution in [1.29, 1.82) is 0 Å². The predicted octanol–water partition coefficient (Wildman–Crippen LogP) is 6.51. The standard InChI is InChI=1S/C22H18F3NO3S/c1-13-4-3-5-14(10-13)17-8-7-16(22(23,24)25)12-18(17)26-30-20-11-15(21(27)28)6-9-19(20)29-2/h3-12,26H,1-2H3,(H,27,28). The van der Waals surface area contributed by atoms with Crippen LogP contribution in [0.4, 0.5) is 18.9 Å². The van der Waals surface area contributed by atoms with Crippen molar-refractivity contribution in [2.45, 2.75) is 18.0 Å². The third kappa shape index (κ3) is 4.88. The lowest BCUT2D eigenvalue weighted by atomic mass is 10.00. The highest BCUT2D eigenvalue weighted by molar-refractivity contribution is 8.00. The van der Waals surface area contributed by atoms with Crippen molar-refractivity contribution < 1.29 is 27.8 Å². The molecule has 2 N–H and O–H groups in total. The van der Waals surface area contributed by atoms with E-state index in [-0.39, 0.29) is 11.3 Å². The lowest BCUT2D eigenvalue weighted by Gasteiger charge is -2.16. The summed E-state index contributed by atoms with van der Waals surface area (Å²) in [5.74, 6) is -0.708. The average Bonchev–Trinajstić information content (AvgIpc) is 2.71. The van der Waals surface area contributed by atoms with Gasteiger partial charge in [0, 0.05) is 5.56 Å². The minimum absolute atomic E-state index is 0.0445. The Morgan fingerprint density at radius 1 is 1.07 bits per heavy atom. The number of hydrogen-bond acceptors (Lipinski definition) is 4. The van der Waals surface area contributed by atoms with Gasteiger partial charge in [0.05, 0.1) is 28.8 Å². The van der Waals surface area contributed by atoms with E-state index >= 15 is 0 Å². The molecule has 3 rings (SSSR count). The molecule has 4 nitrogen and oxygen atoms in total. The first kappa shape index (κ1) is 21.6. The summed E-state index contributed by atoms with van der Waals surface area (Å²) in [7, 11) is 1.43. The number of ether oxygens (including phenoxy) is 1. The molecule has 0 saturated heterocycles. The van der Waals surface area contributed by atoms with Crippen molar-refractivity contribution in [2.24, 2.45) is 0 Å². The molecule has 8 heteroatoms. The van der Waals surface area contributed by atoms with Crippen molar-refractivity contribution in [3.63, 3.8) is 0 Å². The van der Waals surface area contributed by atoms with Gasteiger partial charge in [-0.2, -0.15) is 13.2 Å². The first-order valence-corrected chi connectivity index (χ1v) is 9.63. The molecule has 0 amide bonds. The van der Waals surface area contributed by atoms with Crippen molar-refractivity contribution in [3.8, 4) is 16.9 Å². The molecule has 0 aromatic heterocycles. The van der Waals surface area contributed by atoms with Crippen LogP contribution in [-0.2, 0) is 6.18 Å². The van der Waals surface area contributed by atoms with Gasteiger partial charge in [-0.05, 0) is 54.8 Å². The maximum atomic E-state index is 13.3. The Hall–Kier alpha value is -3.13. The molecule has 3 aromatic rings. The van der Waals surface area contributed by atoms with E-state index in [1.165, 1.54) is 31.4 Å². The molecule has 156 valence electrons. The zero-order valence-electron chi connectivity index (χ0n) is 16.1. The van der Waals surface area contributed by atoms with Crippen LogP contribution >= 0.6 is 11.9 Å². The number of carboxylic acids is 1. The summed E-state index contributed by atoms with van der Waals surface area (Å²) in [5, 5.41) is 9.21. The van der Waals surface area contributed by atoms with Crippen LogP contribution in [0.2, 0.25) is 0 Å². The molecular weight excluding hydrogens is 415 g/mol. The number of anilines is 1. The summed E-state index contributed by atoms with van der Waals surface area (Å²) in [6.45, 7) is 1.90. The van der Waals surface area contributed by atoms with Gasteiger partial charge in [-0.15, -0.1) is 0 Å². The normalized spacial score (nSPS) is 11.2. The number of benzene rings is 3. The second-order valence-electron chi connectivity index (χ2n) is 6.50. The summed E-state index contributed by atoms with van der Waals surface area (Å²) in [6, 6.07) is 15.2. The number of rotatable bonds is 6. The monoisotopic (exact) mass is 433 g/mol. The van der Waals surface area contributed by atoms with Gasteiger partial charge in [-0.3, -0.25) is 0 Å². The van der Waals surface area contributed by atoms with E-state index in [1.807, 2.05) is 31.2 Å². The summed E-state index contributed by atoms with van der Waals surface area (Å²) in [4.78, 5) is 11.7. The van der Waals surface area contributed by atoms with E-state index in [2.05, 4.69) is 4.72 Å². The Balaban J connectivity index is 2.02. The fourth-order valence-electron chi connectivity index (χ4n) is 2.87. The number of alkyl halides is 3. The molecule has 0 bridgehead atoms. The molecule has 0 radical (unpaired) electrons. The number of halogens is 3. The van der Waals surface area contributed by atoms with Crippen molar-refractivity contribution in [2.75, 3.05) is 11.8 Å². The molecule has 0 fully saturated rings. The molecule has 3 aromatic carbocycles. The van der Waals surface area contributed by atoms with Crippen LogP contribution in [0, 0.1) is 6.92 Å². The van der Waals surface area contributed by atoms with E-state index in [1.54, 1.807) is 0 Å². The van der Waals surface area contributed by atoms with Crippen molar-refractivity contribution >= 4 is 23.6 Å². The topological polar surface area (TPSA) is 58.6 Å². The molecule has 0 aliphatic heterocycles. The van der Waals surface area contributed by atoms with Gasteiger partial charge in [-0.1, -0.05) is 35.9 Å². The average molecular weight is 433 g/mol. The highest BCUT2D eigenvalue weighted by Crippen LogP contribution is 2.39. The largest absolute Gasteiger partial charge is 0.496 e. The Morgan fingerprint density at radius 3 is 2.47 bits per heavy atom. The van der Waals surface area contributed by atoms with Crippen molar-refractivity contribution in [1.82, 2.24) is 0 Å². The molecule has 30 heavy (non-hydrogen) atoms. The van der Waals surface area contributed by atoms with Crippen LogP contribution < -0.4 is 9.46 Å². The molecule has 0 aliphatic rings. The van der Waals surface area contributed by atoms with Crippen LogP contribution in [0.3, 0.4) is 0 Å². The van der Waals surface area contributed by atoms with Gasteiger partial charge < -0.3 is 14.6 Å². The lowest BCUT2D eigenvalue weighted by molar-refractivity contribution is -0.137. The fourth-order valence-corrected chi connectivity index (χ4v) is 3.70. The Morgan fingerprint density at radius 2 is 1.83 bits per heavy atom. The predicted molar refractivity (Wildman–Crippen MR) is 111 cm³/mol. The third-order valence-electron chi connectivity index (χ3n) is 4.36. The SMILES string of the molecule is COc1ccc(C(=O)O)cc1SNc1cc(C(F)(F)F)ccc1-c1cccc(C)c1.